The lowest BCUT2D eigenvalue weighted by Gasteiger charge is -2.21. The van der Waals surface area contributed by atoms with Crippen LogP contribution in [0.3, 0.4) is 0 Å². The summed E-state index contributed by atoms with van der Waals surface area (Å²) >= 11 is 0. The van der Waals surface area contributed by atoms with Gasteiger partial charge in [0.15, 0.2) is 0 Å². The fourth-order valence-corrected chi connectivity index (χ4v) is 2.48. The Hall–Kier alpha value is -0.320. The fraction of sp³-hybridized carbons (Fsp3) is 0.917. The Morgan fingerprint density at radius 1 is 1.29 bits per heavy atom. The minimum absolute atomic E-state index is 0. The lowest BCUT2D eigenvalue weighted by atomic mass is 9.99. The molecule has 0 spiro atoms. The van der Waals surface area contributed by atoms with Crippen LogP contribution in [0, 0.1) is 5.92 Å². The van der Waals surface area contributed by atoms with E-state index in [1.54, 1.807) is 0 Å². The van der Waals surface area contributed by atoms with Gasteiger partial charge in [-0.3, -0.25) is 4.79 Å². The second kappa shape index (κ2) is 7.90. The molecule has 0 aromatic heterocycles. The van der Waals surface area contributed by atoms with Crippen LogP contribution < -0.4 is 10.6 Å². The Morgan fingerprint density at radius 2 is 2.06 bits per heavy atom. The minimum Gasteiger partial charge on any atom is -0.381 e. The third-order valence-electron chi connectivity index (χ3n) is 3.55. The van der Waals surface area contributed by atoms with Crippen molar-refractivity contribution in [2.45, 2.75) is 38.1 Å². The van der Waals surface area contributed by atoms with Crippen LogP contribution in [0.15, 0.2) is 0 Å². The third kappa shape index (κ3) is 4.82. The Balaban J connectivity index is 0.00000144. The van der Waals surface area contributed by atoms with Gasteiger partial charge in [-0.05, 0) is 38.6 Å². The van der Waals surface area contributed by atoms with Crippen molar-refractivity contribution in [2.75, 3.05) is 26.3 Å². The first-order valence-electron chi connectivity index (χ1n) is 6.45. The van der Waals surface area contributed by atoms with Crippen LogP contribution >= 0.6 is 12.4 Å². The number of carbonyl (C=O) groups is 1. The molecule has 0 aromatic carbocycles. The maximum atomic E-state index is 11.8. The second-order valence-corrected chi connectivity index (χ2v) is 4.76. The predicted molar refractivity (Wildman–Crippen MR) is 69.4 cm³/mol. The SMILES string of the molecule is Cl.O=C(NCC[C@H]1CCCN1)C1CCOCC1. The normalized spacial score (nSPS) is 25.3. The Morgan fingerprint density at radius 3 is 2.71 bits per heavy atom. The van der Waals surface area contributed by atoms with Gasteiger partial charge in [0.05, 0.1) is 0 Å². The average molecular weight is 263 g/mol. The highest BCUT2D eigenvalue weighted by molar-refractivity contribution is 5.85. The molecule has 0 aromatic rings. The summed E-state index contributed by atoms with van der Waals surface area (Å²) in [5, 5.41) is 6.48. The molecule has 4 nitrogen and oxygen atoms in total. The molecule has 100 valence electrons. The van der Waals surface area contributed by atoms with E-state index < -0.39 is 0 Å². The molecule has 0 radical (unpaired) electrons. The molecule has 2 heterocycles. The van der Waals surface area contributed by atoms with Gasteiger partial charge in [0, 0.05) is 31.7 Å². The van der Waals surface area contributed by atoms with E-state index in [2.05, 4.69) is 10.6 Å². The zero-order valence-electron chi connectivity index (χ0n) is 10.2. The summed E-state index contributed by atoms with van der Waals surface area (Å²) < 4.78 is 5.25. The Labute approximate surface area is 109 Å². The molecule has 17 heavy (non-hydrogen) atoms. The maximum Gasteiger partial charge on any atom is 0.223 e. The summed E-state index contributed by atoms with van der Waals surface area (Å²) in [5.41, 5.74) is 0. The second-order valence-electron chi connectivity index (χ2n) is 4.76. The summed E-state index contributed by atoms with van der Waals surface area (Å²) in [7, 11) is 0. The predicted octanol–water partition coefficient (Wildman–Crippen LogP) is 1.09. The van der Waals surface area contributed by atoms with Gasteiger partial charge < -0.3 is 15.4 Å². The van der Waals surface area contributed by atoms with Gasteiger partial charge in [0.2, 0.25) is 5.91 Å². The van der Waals surface area contributed by atoms with Crippen molar-refractivity contribution in [1.82, 2.24) is 10.6 Å². The van der Waals surface area contributed by atoms with E-state index in [4.69, 9.17) is 4.74 Å². The monoisotopic (exact) mass is 262 g/mol. The van der Waals surface area contributed by atoms with Gasteiger partial charge >= 0.3 is 0 Å². The third-order valence-corrected chi connectivity index (χ3v) is 3.55. The van der Waals surface area contributed by atoms with E-state index in [1.165, 1.54) is 12.8 Å². The van der Waals surface area contributed by atoms with E-state index in [1.807, 2.05) is 0 Å². The lowest BCUT2D eigenvalue weighted by Crippen LogP contribution is -2.36. The number of hydrogen-bond acceptors (Lipinski definition) is 3. The number of rotatable bonds is 4. The van der Waals surface area contributed by atoms with Gasteiger partial charge in [0.25, 0.3) is 0 Å². The minimum atomic E-state index is 0. The van der Waals surface area contributed by atoms with Gasteiger partial charge in [-0.2, -0.15) is 0 Å². The van der Waals surface area contributed by atoms with Crippen molar-refractivity contribution in [3.05, 3.63) is 0 Å². The van der Waals surface area contributed by atoms with Crippen molar-refractivity contribution in [3.63, 3.8) is 0 Å². The van der Waals surface area contributed by atoms with Crippen LogP contribution in [-0.2, 0) is 9.53 Å². The van der Waals surface area contributed by atoms with Crippen LogP contribution in [0.25, 0.3) is 0 Å². The zero-order valence-corrected chi connectivity index (χ0v) is 11.1. The molecule has 2 saturated heterocycles. The number of carbonyl (C=O) groups excluding carboxylic acids is 1. The summed E-state index contributed by atoms with van der Waals surface area (Å²) in [6, 6.07) is 0.620. The highest BCUT2D eigenvalue weighted by Gasteiger charge is 2.21. The molecule has 0 saturated carbocycles. The van der Waals surface area contributed by atoms with Crippen LogP contribution in [0.1, 0.15) is 32.1 Å². The summed E-state index contributed by atoms with van der Waals surface area (Å²) in [6.07, 6.45) is 5.36. The highest BCUT2D eigenvalue weighted by atomic mass is 35.5. The van der Waals surface area contributed by atoms with E-state index in [-0.39, 0.29) is 24.2 Å². The van der Waals surface area contributed by atoms with E-state index in [0.29, 0.717) is 6.04 Å². The van der Waals surface area contributed by atoms with E-state index in [0.717, 1.165) is 45.6 Å². The van der Waals surface area contributed by atoms with Gasteiger partial charge in [-0.15, -0.1) is 12.4 Å². The Bertz CT molecular complexity index is 227. The molecule has 1 atom stereocenters. The smallest absolute Gasteiger partial charge is 0.223 e. The van der Waals surface area contributed by atoms with E-state index in [9.17, 15) is 4.79 Å². The lowest BCUT2D eigenvalue weighted by molar-refractivity contribution is -0.127. The quantitative estimate of drug-likeness (QED) is 0.798. The number of halogens is 1. The first-order valence-corrected chi connectivity index (χ1v) is 6.45. The standard InChI is InChI=1S/C12H22N2O2.ClH/c15-12(10-4-8-16-9-5-10)14-7-3-11-2-1-6-13-11;/h10-11,13H,1-9H2,(H,14,15);1H/t11-;/m1./s1. The first-order chi connectivity index (χ1) is 7.86. The molecule has 2 rings (SSSR count). The molecule has 2 fully saturated rings. The van der Waals surface area contributed by atoms with Gasteiger partial charge in [-0.1, -0.05) is 0 Å². The Kier molecular flexibility index (Phi) is 6.85. The van der Waals surface area contributed by atoms with Crippen molar-refractivity contribution < 1.29 is 9.53 Å². The molecule has 5 heteroatoms. The van der Waals surface area contributed by atoms with Crippen molar-refractivity contribution in [3.8, 4) is 0 Å². The van der Waals surface area contributed by atoms with Crippen molar-refractivity contribution >= 4 is 18.3 Å². The topological polar surface area (TPSA) is 50.4 Å². The van der Waals surface area contributed by atoms with Crippen LogP contribution in [-0.4, -0.2) is 38.3 Å². The molecule has 1 amide bonds. The summed E-state index contributed by atoms with van der Waals surface area (Å²) in [4.78, 5) is 11.8. The van der Waals surface area contributed by atoms with Crippen LogP contribution in [0.4, 0.5) is 0 Å². The largest absolute Gasteiger partial charge is 0.381 e. The molecular weight excluding hydrogens is 240 g/mol. The number of hydrogen-bond donors (Lipinski definition) is 2. The summed E-state index contributed by atoms with van der Waals surface area (Å²) in [6.45, 7) is 3.43. The van der Waals surface area contributed by atoms with Crippen LogP contribution in [0.2, 0.25) is 0 Å². The molecular formula is C12H23ClN2O2. The number of ether oxygens (including phenoxy) is 1. The summed E-state index contributed by atoms with van der Waals surface area (Å²) in [5.74, 6) is 0.409. The average Bonchev–Trinajstić information content (AvgIpc) is 2.83. The molecule has 2 aliphatic heterocycles. The molecule has 2 aliphatic rings. The van der Waals surface area contributed by atoms with Crippen molar-refractivity contribution in [2.24, 2.45) is 5.92 Å². The van der Waals surface area contributed by atoms with Gasteiger partial charge in [0.1, 0.15) is 0 Å². The maximum absolute atomic E-state index is 11.8. The first kappa shape index (κ1) is 14.7. The highest BCUT2D eigenvalue weighted by Crippen LogP contribution is 2.14. The molecule has 0 bridgehead atoms. The molecule has 2 N–H and O–H groups in total. The molecule has 0 unspecified atom stereocenters. The number of amides is 1. The fourth-order valence-electron chi connectivity index (χ4n) is 2.48. The van der Waals surface area contributed by atoms with E-state index >= 15 is 0 Å². The number of nitrogens with one attached hydrogen (secondary N) is 2. The zero-order chi connectivity index (χ0) is 11.2. The molecule has 0 aliphatic carbocycles. The van der Waals surface area contributed by atoms with Crippen molar-refractivity contribution in [1.29, 1.82) is 0 Å². The van der Waals surface area contributed by atoms with Gasteiger partial charge in [-0.25, -0.2) is 0 Å². The van der Waals surface area contributed by atoms with Crippen LogP contribution in [0.5, 0.6) is 0 Å².